The number of likely N-dealkylation sites (tertiary alicyclic amines) is 1. The van der Waals surface area contributed by atoms with Crippen LogP contribution in [0.3, 0.4) is 0 Å². The predicted octanol–water partition coefficient (Wildman–Crippen LogP) is 4.74. The van der Waals surface area contributed by atoms with Gasteiger partial charge >= 0.3 is 12.0 Å². The van der Waals surface area contributed by atoms with Gasteiger partial charge in [0.25, 0.3) is 5.91 Å². The Morgan fingerprint density at radius 1 is 0.970 bits per heavy atom. The summed E-state index contributed by atoms with van der Waals surface area (Å²) in [6.45, 7) is 0.415. The van der Waals surface area contributed by atoms with Crippen molar-refractivity contribution < 1.29 is 19.5 Å². The minimum absolute atomic E-state index is 0.211. The Bertz CT molecular complexity index is 1180. The van der Waals surface area contributed by atoms with Crippen molar-refractivity contribution in [1.29, 1.82) is 0 Å². The van der Waals surface area contributed by atoms with Gasteiger partial charge < -0.3 is 20.6 Å². The van der Waals surface area contributed by atoms with Crippen molar-refractivity contribution in [2.24, 2.45) is 0 Å². The Balaban J connectivity index is 1.39. The quantitative estimate of drug-likeness (QED) is 0.505. The SMILES string of the molecule is O=C(Nc1ccc(-c2ccc(C(=O)N3CCC[C@H]3C(=O)O)nc2)cc1)Nc1cccc(Cl)c1. The molecule has 3 aromatic rings. The lowest BCUT2D eigenvalue weighted by Gasteiger charge is -2.20. The van der Waals surface area contributed by atoms with Gasteiger partial charge in [-0.25, -0.2) is 9.59 Å². The Labute approximate surface area is 195 Å². The number of aliphatic carboxylic acids is 1. The molecule has 1 fully saturated rings. The number of carboxylic acid groups (broad SMARTS) is 1. The molecule has 0 saturated carbocycles. The number of rotatable bonds is 5. The van der Waals surface area contributed by atoms with Crippen LogP contribution in [0.15, 0.2) is 66.9 Å². The van der Waals surface area contributed by atoms with Crippen LogP contribution in [0.4, 0.5) is 16.2 Å². The Kier molecular flexibility index (Phi) is 6.55. The zero-order valence-corrected chi connectivity index (χ0v) is 18.2. The van der Waals surface area contributed by atoms with Gasteiger partial charge in [0.05, 0.1) is 0 Å². The van der Waals surface area contributed by atoms with Crippen molar-refractivity contribution in [2.75, 3.05) is 17.2 Å². The summed E-state index contributed by atoms with van der Waals surface area (Å²) >= 11 is 5.92. The molecule has 168 valence electrons. The van der Waals surface area contributed by atoms with E-state index in [1.165, 1.54) is 4.90 Å². The van der Waals surface area contributed by atoms with Crippen LogP contribution in [0.2, 0.25) is 5.02 Å². The van der Waals surface area contributed by atoms with E-state index in [0.717, 1.165) is 11.1 Å². The Morgan fingerprint density at radius 2 is 1.70 bits per heavy atom. The lowest BCUT2D eigenvalue weighted by Crippen LogP contribution is -2.40. The molecule has 0 aliphatic carbocycles. The maximum Gasteiger partial charge on any atom is 0.326 e. The van der Waals surface area contributed by atoms with Crippen molar-refractivity contribution in [2.45, 2.75) is 18.9 Å². The van der Waals surface area contributed by atoms with Crippen LogP contribution in [0, 0.1) is 0 Å². The number of carbonyl (C=O) groups excluding carboxylic acids is 2. The van der Waals surface area contributed by atoms with Gasteiger partial charge in [0.2, 0.25) is 0 Å². The van der Waals surface area contributed by atoms with Crippen molar-refractivity contribution >= 4 is 40.9 Å². The van der Waals surface area contributed by atoms with Gasteiger partial charge in [-0.05, 0) is 54.8 Å². The van der Waals surface area contributed by atoms with Crippen LogP contribution in [0.5, 0.6) is 0 Å². The number of nitrogens with zero attached hydrogens (tertiary/aromatic N) is 2. The topological polar surface area (TPSA) is 112 Å². The molecule has 0 bridgehead atoms. The average Bonchev–Trinajstić information content (AvgIpc) is 3.30. The minimum atomic E-state index is -0.993. The second-order valence-electron chi connectivity index (χ2n) is 7.59. The van der Waals surface area contributed by atoms with E-state index in [0.29, 0.717) is 35.8 Å². The summed E-state index contributed by atoms with van der Waals surface area (Å²) in [4.78, 5) is 41.8. The predicted molar refractivity (Wildman–Crippen MR) is 125 cm³/mol. The highest BCUT2D eigenvalue weighted by Crippen LogP contribution is 2.23. The van der Waals surface area contributed by atoms with Crippen molar-refractivity contribution in [1.82, 2.24) is 9.88 Å². The van der Waals surface area contributed by atoms with E-state index in [2.05, 4.69) is 15.6 Å². The monoisotopic (exact) mass is 464 g/mol. The van der Waals surface area contributed by atoms with Gasteiger partial charge in [0.15, 0.2) is 0 Å². The van der Waals surface area contributed by atoms with Crippen LogP contribution in [-0.4, -0.2) is 45.5 Å². The van der Waals surface area contributed by atoms with E-state index in [9.17, 15) is 19.5 Å². The lowest BCUT2D eigenvalue weighted by molar-refractivity contribution is -0.141. The molecule has 3 N–H and O–H groups in total. The molecule has 2 heterocycles. The molecule has 0 radical (unpaired) electrons. The maximum absolute atomic E-state index is 12.7. The van der Waals surface area contributed by atoms with Crippen LogP contribution in [0.1, 0.15) is 23.3 Å². The van der Waals surface area contributed by atoms with Crippen molar-refractivity contribution in [3.8, 4) is 11.1 Å². The molecule has 2 aromatic carbocycles. The molecule has 33 heavy (non-hydrogen) atoms. The van der Waals surface area contributed by atoms with Crippen molar-refractivity contribution in [3.63, 3.8) is 0 Å². The van der Waals surface area contributed by atoms with Gasteiger partial charge in [0.1, 0.15) is 11.7 Å². The van der Waals surface area contributed by atoms with Crippen LogP contribution < -0.4 is 10.6 Å². The fourth-order valence-electron chi connectivity index (χ4n) is 3.71. The van der Waals surface area contributed by atoms with Gasteiger partial charge in [0, 0.05) is 34.7 Å². The molecule has 1 aliphatic rings. The number of halogens is 1. The highest BCUT2D eigenvalue weighted by atomic mass is 35.5. The van der Waals surface area contributed by atoms with Crippen molar-refractivity contribution in [3.05, 3.63) is 77.6 Å². The fourth-order valence-corrected chi connectivity index (χ4v) is 3.90. The highest BCUT2D eigenvalue weighted by molar-refractivity contribution is 6.30. The number of nitrogens with one attached hydrogen (secondary N) is 2. The molecule has 1 atom stereocenters. The first kappa shape index (κ1) is 22.3. The number of hydrogen-bond acceptors (Lipinski definition) is 4. The summed E-state index contributed by atoms with van der Waals surface area (Å²) in [6.07, 6.45) is 2.70. The zero-order chi connectivity index (χ0) is 23.4. The number of benzene rings is 2. The molecule has 4 rings (SSSR count). The lowest BCUT2D eigenvalue weighted by atomic mass is 10.1. The number of hydrogen-bond donors (Lipinski definition) is 3. The molecule has 1 aliphatic heterocycles. The standard InChI is InChI=1S/C24H21ClN4O4/c25-17-3-1-4-19(13-17)28-24(33)27-18-9-6-15(7-10-18)16-8-11-20(26-14-16)22(30)29-12-2-5-21(29)23(31)32/h1,3-4,6-11,13-14,21H,2,5,12H2,(H,31,32)(H2,27,28,33)/t21-/m0/s1. The number of carboxylic acids is 1. The summed E-state index contributed by atoms with van der Waals surface area (Å²) in [6, 6.07) is 16.2. The molecule has 0 spiro atoms. The molecule has 8 nitrogen and oxygen atoms in total. The molecular weight excluding hydrogens is 444 g/mol. The molecule has 1 saturated heterocycles. The molecule has 3 amide bonds. The first-order chi connectivity index (χ1) is 15.9. The molecule has 1 aromatic heterocycles. The van der Waals surface area contributed by atoms with Crippen LogP contribution in [-0.2, 0) is 4.79 Å². The summed E-state index contributed by atoms with van der Waals surface area (Å²) in [5.41, 5.74) is 3.04. The third kappa shape index (κ3) is 5.30. The molecular formula is C24H21ClN4O4. The Hall–Kier alpha value is -3.91. The van der Waals surface area contributed by atoms with Gasteiger partial charge in [-0.15, -0.1) is 0 Å². The van der Waals surface area contributed by atoms with Crippen LogP contribution in [0.25, 0.3) is 11.1 Å². The normalized spacial score (nSPS) is 15.2. The van der Waals surface area contributed by atoms with E-state index >= 15 is 0 Å². The summed E-state index contributed by atoms with van der Waals surface area (Å²) in [5, 5.41) is 15.3. The number of urea groups is 1. The van der Waals surface area contributed by atoms with Gasteiger partial charge in [-0.1, -0.05) is 35.9 Å². The second kappa shape index (κ2) is 9.70. The number of amides is 3. The minimum Gasteiger partial charge on any atom is -0.480 e. The molecule has 9 heteroatoms. The first-order valence-corrected chi connectivity index (χ1v) is 10.7. The van der Waals surface area contributed by atoms with E-state index in [-0.39, 0.29) is 11.6 Å². The number of carbonyl (C=O) groups is 3. The second-order valence-corrected chi connectivity index (χ2v) is 8.03. The van der Waals surface area contributed by atoms with E-state index in [1.54, 1.807) is 54.7 Å². The zero-order valence-electron chi connectivity index (χ0n) is 17.5. The summed E-state index contributed by atoms with van der Waals surface area (Å²) < 4.78 is 0. The largest absolute Gasteiger partial charge is 0.480 e. The highest BCUT2D eigenvalue weighted by Gasteiger charge is 2.34. The Morgan fingerprint density at radius 3 is 2.36 bits per heavy atom. The number of aromatic nitrogens is 1. The third-order valence-electron chi connectivity index (χ3n) is 5.34. The van der Waals surface area contributed by atoms with Gasteiger partial charge in [-0.2, -0.15) is 0 Å². The van der Waals surface area contributed by atoms with Crippen LogP contribution >= 0.6 is 11.6 Å². The maximum atomic E-state index is 12.7. The van der Waals surface area contributed by atoms with E-state index in [4.69, 9.17) is 11.6 Å². The summed E-state index contributed by atoms with van der Waals surface area (Å²) in [7, 11) is 0. The molecule has 0 unspecified atom stereocenters. The first-order valence-electron chi connectivity index (χ1n) is 10.3. The van der Waals surface area contributed by atoms with Gasteiger partial charge in [-0.3, -0.25) is 9.78 Å². The smallest absolute Gasteiger partial charge is 0.326 e. The van der Waals surface area contributed by atoms with E-state index in [1.807, 2.05) is 12.1 Å². The summed E-state index contributed by atoms with van der Waals surface area (Å²) in [5.74, 6) is -1.37. The number of pyridine rings is 1. The average molecular weight is 465 g/mol. The number of anilines is 2. The van der Waals surface area contributed by atoms with E-state index < -0.39 is 18.0 Å². The fraction of sp³-hybridized carbons (Fsp3) is 0.167. The third-order valence-corrected chi connectivity index (χ3v) is 5.58.